The number of carbonyl (C=O) groups excluding carboxylic acids is 2. The SMILES string of the molecule is Cc1c(C(=O)NC2(C(F)F)CC2)cc(Nc2nc(-c3cnc4c(c3)N([C@H]3C[C@@](C)(N5CCOC(C)(C)C5)C3)C(=O)C4(C)C)cc3ncn(C(C)C)c23)c(F)c1F. The monoisotopic (exact) mass is 776 g/mol. The number of nitrogens with zero attached hydrogens (tertiary/aromatic N) is 6. The fourth-order valence-corrected chi connectivity index (χ4v) is 8.69. The maximum atomic E-state index is 15.7. The van der Waals surface area contributed by atoms with Gasteiger partial charge in [-0.25, -0.2) is 27.5 Å². The molecule has 1 aromatic carbocycles. The van der Waals surface area contributed by atoms with Crippen molar-refractivity contribution in [3.05, 3.63) is 59.2 Å². The molecule has 0 atom stereocenters. The van der Waals surface area contributed by atoms with Crippen LogP contribution in [0.5, 0.6) is 0 Å². The lowest BCUT2D eigenvalue weighted by atomic mass is 9.71. The Morgan fingerprint density at radius 1 is 1.02 bits per heavy atom. The molecule has 2 amide bonds. The zero-order valence-electron chi connectivity index (χ0n) is 33.0. The summed E-state index contributed by atoms with van der Waals surface area (Å²) in [6, 6.07) is 4.67. The van der Waals surface area contributed by atoms with E-state index in [0.717, 1.165) is 32.0 Å². The number of morpholine rings is 1. The highest BCUT2D eigenvalue weighted by molar-refractivity contribution is 6.08. The van der Waals surface area contributed by atoms with Crippen molar-refractivity contribution in [2.45, 2.75) is 122 Å². The lowest BCUT2D eigenvalue weighted by Crippen LogP contribution is -2.67. The lowest BCUT2D eigenvalue weighted by Gasteiger charge is -2.57. The second kappa shape index (κ2) is 12.9. The number of nitrogens with one attached hydrogen (secondary N) is 2. The number of rotatable bonds is 9. The molecule has 5 heterocycles. The Labute approximate surface area is 323 Å². The van der Waals surface area contributed by atoms with E-state index in [9.17, 15) is 18.4 Å². The minimum absolute atomic E-state index is 0.0224. The van der Waals surface area contributed by atoms with Crippen LogP contribution in [0.15, 0.2) is 30.7 Å². The van der Waals surface area contributed by atoms with Crippen LogP contribution in [0.2, 0.25) is 0 Å². The van der Waals surface area contributed by atoms with Crippen LogP contribution in [0.3, 0.4) is 0 Å². The molecule has 3 aromatic heterocycles. The molecule has 56 heavy (non-hydrogen) atoms. The van der Waals surface area contributed by atoms with Gasteiger partial charge in [-0.2, -0.15) is 0 Å². The number of alkyl halides is 2. The topological polar surface area (TPSA) is 118 Å². The van der Waals surface area contributed by atoms with Crippen molar-refractivity contribution in [1.82, 2.24) is 29.7 Å². The number of fused-ring (bicyclic) bond motifs is 2. The number of hydrogen-bond acceptors (Lipinski definition) is 8. The van der Waals surface area contributed by atoms with Crippen molar-refractivity contribution in [2.75, 3.05) is 29.9 Å². The molecule has 0 unspecified atom stereocenters. The summed E-state index contributed by atoms with van der Waals surface area (Å²) in [5.74, 6) is -3.36. The third kappa shape index (κ3) is 6.12. The molecule has 0 bridgehead atoms. The van der Waals surface area contributed by atoms with Gasteiger partial charge in [0, 0.05) is 53.6 Å². The number of carbonyl (C=O) groups is 2. The molecule has 1 saturated heterocycles. The van der Waals surface area contributed by atoms with E-state index in [4.69, 9.17) is 14.7 Å². The van der Waals surface area contributed by atoms with Gasteiger partial charge >= 0.3 is 0 Å². The van der Waals surface area contributed by atoms with E-state index in [-0.39, 0.29) is 58.9 Å². The summed E-state index contributed by atoms with van der Waals surface area (Å²) in [5.41, 5.74) is -0.478. The Morgan fingerprint density at radius 2 is 1.73 bits per heavy atom. The van der Waals surface area contributed by atoms with E-state index in [1.54, 1.807) is 18.6 Å². The smallest absolute Gasteiger partial charge is 0.261 e. The van der Waals surface area contributed by atoms with E-state index in [0.29, 0.717) is 40.3 Å². The van der Waals surface area contributed by atoms with Gasteiger partial charge in [0.05, 0.1) is 52.2 Å². The number of halogens is 4. The van der Waals surface area contributed by atoms with Crippen LogP contribution >= 0.6 is 0 Å². The number of imidazole rings is 1. The number of aromatic nitrogens is 4. The number of hydrogen-bond donors (Lipinski definition) is 2. The molecule has 0 radical (unpaired) electrons. The molecule has 8 rings (SSSR count). The van der Waals surface area contributed by atoms with E-state index >= 15 is 8.78 Å². The van der Waals surface area contributed by atoms with Crippen LogP contribution in [0, 0.1) is 18.6 Å². The Morgan fingerprint density at radius 3 is 2.38 bits per heavy atom. The summed E-state index contributed by atoms with van der Waals surface area (Å²) in [5, 5.41) is 5.26. The number of pyridine rings is 2. The van der Waals surface area contributed by atoms with Gasteiger partial charge in [-0.1, -0.05) is 0 Å². The van der Waals surface area contributed by atoms with Crippen molar-refractivity contribution in [3.63, 3.8) is 0 Å². The summed E-state index contributed by atoms with van der Waals surface area (Å²) >= 11 is 0. The number of ether oxygens (including phenoxy) is 1. The van der Waals surface area contributed by atoms with Gasteiger partial charge in [0.25, 0.3) is 12.3 Å². The van der Waals surface area contributed by atoms with Gasteiger partial charge in [-0.3, -0.25) is 19.5 Å². The first-order chi connectivity index (χ1) is 26.2. The summed E-state index contributed by atoms with van der Waals surface area (Å²) in [7, 11) is 0. The average Bonchev–Trinajstić information content (AvgIpc) is 3.73. The van der Waals surface area contributed by atoms with E-state index < -0.39 is 40.6 Å². The molecule has 2 aliphatic heterocycles. The predicted molar refractivity (Wildman–Crippen MR) is 204 cm³/mol. The van der Waals surface area contributed by atoms with Crippen molar-refractivity contribution in [3.8, 4) is 11.3 Å². The number of benzene rings is 1. The Kier molecular flexibility index (Phi) is 8.85. The second-order valence-electron chi connectivity index (χ2n) is 17.7. The van der Waals surface area contributed by atoms with Crippen LogP contribution in [-0.2, 0) is 14.9 Å². The fourth-order valence-electron chi connectivity index (χ4n) is 8.69. The van der Waals surface area contributed by atoms with Crippen molar-refractivity contribution >= 4 is 40.0 Å². The Balaban J connectivity index is 1.16. The molecule has 2 aliphatic carbocycles. The first-order valence-corrected chi connectivity index (χ1v) is 19.2. The first kappa shape index (κ1) is 38.3. The maximum absolute atomic E-state index is 15.7. The third-order valence-corrected chi connectivity index (χ3v) is 12.3. The largest absolute Gasteiger partial charge is 0.373 e. The highest BCUT2D eigenvalue weighted by Gasteiger charge is 2.56. The lowest BCUT2D eigenvalue weighted by molar-refractivity contribution is -0.135. The van der Waals surface area contributed by atoms with Crippen LogP contribution in [0.25, 0.3) is 22.3 Å². The molecule has 11 nitrogen and oxygen atoms in total. The standard InChI is InChI=1S/C41H48F4N8O3/c1-21(2)52-20-47-28-15-26(48-34(32(28)52)49-27-14-25(22(3)30(42)31(27)43)35(54)50-41(9-10-41)36(44)45)23-13-29-33(46-18-23)39(6,7)37(55)53(29)24-16-40(8,17-24)51-11-12-56-38(4,5)19-51/h13-15,18,20-21,24,36H,9-12,16-17,19H2,1-8H3,(H,48,49)(H,50,54)/t24-,40+. The van der Waals surface area contributed by atoms with Gasteiger partial charge in [0.2, 0.25) is 5.91 Å². The number of anilines is 3. The molecular weight excluding hydrogens is 728 g/mol. The molecule has 2 saturated carbocycles. The zero-order chi connectivity index (χ0) is 40.3. The molecule has 0 spiro atoms. The Bertz CT molecular complexity index is 2280. The van der Waals surface area contributed by atoms with Gasteiger partial charge in [0.1, 0.15) is 11.1 Å². The number of amides is 2. The van der Waals surface area contributed by atoms with E-state index in [1.807, 2.05) is 43.2 Å². The molecule has 298 valence electrons. The quantitative estimate of drug-likeness (QED) is 0.167. The average molecular weight is 777 g/mol. The normalized spacial score (nSPS) is 23.8. The van der Waals surface area contributed by atoms with Gasteiger partial charge in [0.15, 0.2) is 17.5 Å². The molecule has 4 aromatic rings. The van der Waals surface area contributed by atoms with Crippen molar-refractivity contribution in [1.29, 1.82) is 0 Å². The molecular formula is C41H48F4N8O3. The summed E-state index contributed by atoms with van der Waals surface area (Å²) in [6.45, 7) is 17.6. The van der Waals surface area contributed by atoms with Crippen LogP contribution in [-0.4, -0.2) is 85.1 Å². The molecule has 4 aliphatic rings. The van der Waals surface area contributed by atoms with Crippen LogP contribution in [0.4, 0.5) is 34.8 Å². The third-order valence-electron chi connectivity index (χ3n) is 12.3. The van der Waals surface area contributed by atoms with E-state index in [2.05, 4.69) is 41.3 Å². The maximum Gasteiger partial charge on any atom is 0.261 e. The van der Waals surface area contributed by atoms with Gasteiger partial charge in [-0.15, -0.1) is 0 Å². The minimum Gasteiger partial charge on any atom is -0.373 e. The van der Waals surface area contributed by atoms with Crippen LogP contribution < -0.4 is 15.5 Å². The molecule has 2 N–H and O–H groups in total. The summed E-state index contributed by atoms with van der Waals surface area (Å²) in [4.78, 5) is 46.0. The second-order valence-corrected chi connectivity index (χ2v) is 17.7. The molecule has 3 fully saturated rings. The van der Waals surface area contributed by atoms with Gasteiger partial charge < -0.3 is 24.8 Å². The zero-order valence-corrected chi connectivity index (χ0v) is 33.0. The molecule has 15 heteroatoms. The summed E-state index contributed by atoms with van der Waals surface area (Å²) < 4.78 is 66.3. The minimum atomic E-state index is -2.80. The highest BCUT2D eigenvalue weighted by atomic mass is 19.3. The van der Waals surface area contributed by atoms with Crippen LogP contribution in [0.1, 0.15) is 102 Å². The fraction of sp³-hybridized carbons (Fsp3) is 0.537. The first-order valence-electron chi connectivity index (χ1n) is 19.2. The predicted octanol–water partition coefficient (Wildman–Crippen LogP) is 7.59. The van der Waals surface area contributed by atoms with Crippen molar-refractivity contribution in [2.24, 2.45) is 0 Å². The summed E-state index contributed by atoms with van der Waals surface area (Å²) in [6.07, 6.45) is 2.25. The Hall–Kier alpha value is -4.63. The highest BCUT2D eigenvalue weighted by Crippen LogP contribution is 2.50. The van der Waals surface area contributed by atoms with E-state index in [1.165, 1.54) is 6.92 Å². The van der Waals surface area contributed by atoms with Gasteiger partial charge in [-0.05, 0) is 99.3 Å². The van der Waals surface area contributed by atoms with Crippen molar-refractivity contribution < 1.29 is 31.9 Å².